The van der Waals surface area contributed by atoms with E-state index >= 15 is 0 Å². The molecule has 0 unspecified atom stereocenters. The van der Waals surface area contributed by atoms with Gasteiger partial charge in [0.1, 0.15) is 5.56 Å². The van der Waals surface area contributed by atoms with Crippen LogP contribution in [0.2, 0.25) is 5.02 Å². The molecule has 1 aromatic carbocycles. The Balaban J connectivity index is 2.26. The van der Waals surface area contributed by atoms with E-state index < -0.39 is 4.92 Å². The normalized spacial score (nSPS) is 16.4. The molecule has 0 radical (unpaired) electrons. The second-order valence-corrected chi connectivity index (χ2v) is 6.12. The number of carbonyl (C=O) groups excluding carboxylic acids is 1. The molecule has 19 heavy (non-hydrogen) atoms. The van der Waals surface area contributed by atoms with Crippen molar-refractivity contribution in [3.05, 3.63) is 38.9 Å². The number of hydrogen-bond donors (Lipinski definition) is 0. The Morgan fingerprint density at radius 3 is 2.63 bits per heavy atom. The topological polar surface area (TPSA) is 63.4 Å². The Kier molecular flexibility index (Phi) is 4.42. The first-order chi connectivity index (χ1) is 8.99. The minimum absolute atomic E-state index is 0.0995. The zero-order valence-corrected chi connectivity index (χ0v) is 12.4. The molecule has 0 N–H and O–H groups in total. The number of hydrogen-bond acceptors (Lipinski definition) is 3. The molecule has 0 aromatic heterocycles. The molecular formula is C12H12BrClN2O3. The monoisotopic (exact) mass is 346 g/mol. The van der Waals surface area contributed by atoms with E-state index in [-0.39, 0.29) is 22.2 Å². The van der Waals surface area contributed by atoms with Gasteiger partial charge in [0.25, 0.3) is 11.6 Å². The molecule has 1 aliphatic rings. The van der Waals surface area contributed by atoms with Crippen LogP contribution in [0, 0.1) is 10.1 Å². The zero-order chi connectivity index (χ0) is 14.0. The van der Waals surface area contributed by atoms with Crippen molar-refractivity contribution in [3.63, 3.8) is 0 Å². The van der Waals surface area contributed by atoms with Crippen LogP contribution in [0.5, 0.6) is 0 Å². The number of rotatable bonds is 2. The number of alkyl halides is 1. The maximum Gasteiger partial charge on any atom is 0.283 e. The third kappa shape index (κ3) is 3.25. The Bertz CT molecular complexity index is 516. The largest absolute Gasteiger partial charge is 0.338 e. The van der Waals surface area contributed by atoms with Gasteiger partial charge in [-0.3, -0.25) is 14.9 Å². The summed E-state index contributed by atoms with van der Waals surface area (Å²) < 4.78 is 0. The smallest absolute Gasteiger partial charge is 0.283 e. The first-order valence-electron chi connectivity index (χ1n) is 5.86. The summed E-state index contributed by atoms with van der Waals surface area (Å²) in [5, 5.41) is 11.2. The van der Waals surface area contributed by atoms with Crippen molar-refractivity contribution >= 4 is 39.1 Å². The molecule has 0 bridgehead atoms. The first kappa shape index (κ1) is 14.3. The first-order valence-corrected chi connectivity index (χ1v) is 7.15. The number of halogens is 2. The molecule has 7 heteroatoms. The fraction of sp³-hybridized carbons (Fsp3) is 0.417. The summed E-state index contributed by atoms with van der Waals surface area (Å²) in [6, 6.07) is 4.13. The highest BCUT2D eigenvalue weighted by Crippen LogP contribution is 2.26. The average molecular weight is 348 g/mol. The van der Waals surface area contributed by atoms with Crippen LogP contribution >= 0.6 is 27.5 Å². The summed E-state index contributed by atoms with van der Waals surface area (Å²) in [7, 11) is 0. The van der Waals surface area contributed by atoms with Gasteiger partial charge >= 0.3 is 0 Å². The Morgan fingerprint density at radius 2 is 2.05 bits per heavy atom. The minimum Gasteiger partial charge on any atom is -0.338 e. The van der Waals surface area contributed by atoms with E-state index in [0.717, 1.165) is 12.8 Å². The fourth-order valence-electron chi connectivity index (χ4n) is 2.06. The van der Waals surface area contributed by atoms with Gasteiger partial charge in [-0.25, -0.2) is 0 Å². The Hall–Kier alpha value is -1.14. The summed E-state index contributed by atoms with van der Waals surface area (Å²) >= 11 is 9.24. The molecule has 2 rings (SSSR count). The molecule has 1 amide bonds. The molecule has 0 aliphatic carbocycles. The third-order valence-corrected chi connectivity index (χ3v) is 4.25. The van der Waals surface area contributed by atoms with Crippen LogP contribution in [0.25, 0.3) is 0 Å². The van der Waals surface area contributed by atoms with Crippen molar-refractivity contribution in [3.8, 4) is 0 Å². The van der Waals surface area contributed by atoms with Gasteiger partial charge in [-0.1, -0.05) is 27.5 Å². The number of amides is 1. The second-order valence-electron chi connectivity index (χ2n) is 4.39. The molecule has 1 fully saturated rings. The maximum atomic E-state index is 12.3. The van der Waals surface area contributed by atoms with E-state index in [0.29, 0.717) is 17.9 Å². The highest BCUT2D eigenvalue weighted by Gasteiger charge is 2.27. The van der Waals surface area contributed by atoms with Crippen LogP contribution in [0.4, 0.5) is 5.69 Å². The summed E-state index contributed by atoms with van der Waals surface area (Å²) in [6.45, 7) is 1.21. The van der Waals surface area contributed by atoms with Gasteiger partial charge in [-0.05, 0) is 25.0 Å². The molecule has 0 spiro atoms. The SMILES string of the molecule is O=C(c1ccc(Cl)cc1[N+](=O)[O-])N1CCC(Br)CC1. The van der Waals surface area contributed by atoms with E-state index in [1.807, 2.05) is 0 Å². The van der Waals surface area contributed by atoms with Gasteiger partial charge in [0, 0.05) is 29.0 Å². The van der Waals surface area contributed by atoms with Gasteiger partial charge < -0.3 is 4.90 Å². The molecule has 1 aliphatic heterocycles. The van der Waals surface area contributed by atoms with Crippen molar-refractivity contribution in [1.29, 1.82) is 0 Å². The van der Waals surface area contributed by atoms with Gasteiger partial charge in [0.15, 0.2) is 0 Å². The van der Waals surface area contributed by atoms with Crippen LogP contribution in [-0.4, -0.2) is 33.6 Å². The number of carbonyl (C=O) groups is 1. The zero-order valence-electron chi connectivity index (χ0n) is 10.0. The molecule has 1 saturated heterocycles. The lowest BCUT2D eigenvalue weighted by Crippen LogP contribution is -2.38. The lowest BCUT2D eigenvalue weighted by atomic mass is 10.1. The second kappa shape index (κ2) is 5.88. The van der Waals surface area contributed by atoms with Crippen LogP contribution in [0.3, 0.4) is 0 Å². The van der Waals surface area contributed by atoms with Crippen molar-refractivity contribution in [1.82, 2.24) is 4.90 Å². The van der Waals surface area contributed by atoms with Crippen LogP contribution in [0.15, 0.2) is 18.2 Å². The molecule has 102 valence electrons. The summed E-state index contributed by atoms with van der Waals surface area (Å²) in [5.41, 5.74) is -0.138. The van der Waals surface area contributed by atoms with Crippen LogP contribution in [-0.2, 0) is 0 Å². The standard InChI is InChI=1S/C12H12BrClN2O3/c13-8-3-5-15(6-4-8)12(17)10-2-1-9(14)7-11(10)16(18)19/h1-2,7-8H,3-6H2. The Labute approximate surface area is 123 Å². The highest BCUT2D eigenvalue weighted by molar-refractivity contribution is 9.09. The number of nitro benzene ring substituents is 1. The lowest BCUT2D eigenvalue weighted by Gasteiger charge is -2.29. The molecule has 0 atom stereocenters. The van der Waals surface area contributed by atoms with E-state index in [4.69, 9.17) is 11.6 Å². The van der Waals surface area contributed by atoms with Gasteiger partial charge in [-0.2, -0.15) is 0 Å². The van der Waals surface area contributed by atoms with E-state index in [1.54, 1.807) is 4.90 Å². The molecule has 5 nitrogen and oxygen atoms in total. The maximum absolute atomic E-state index is 12.3. The number of nitro groups is 1. The van der Waals surface area contributed by atoms with Crippen LogP contribution < -0.4 is 0 Å². The van der Waals surface area contributed by atoms with Crippen molar-refractivity contribution in [2.24, 2.45) is 0 Å². The molecule has 1 aromatic rings. The molecular weight excluding hydrogens is 336 g/mol. The number of piperidine rings is 1. The van der Waals surface area contributed by atoms with Crippen molar-refractivity contribution in [2.75, 3.05) is 13.1 Å². The van der Waals surface area contributed by atoms with Crippen LogP contribution in [0.1, 0.15) is 23.2 Å². The van der Waals surface area contributed by atoms with E-state index in [1.165, 1.54) is 18.2 Å². The lowest BCUT2D eigenvalue weighted by molar-refractivity contribution is -0.385. The Morgan fingerprint density at radius 1 is 1.42 bits per heavy atom. The minimum atomic E-state index is -0.573. The number of benzene rings is 1. The third-order valence-electron chi connectivity index (χ3n) is 3.10. The number of nitrogens with zero attached hydrogens (tertiary/aromatic N) is 2. The van der Waals surface area contributed by atoms with Gasteiger partial charge in [-0.15, -0.1) is 0 Å². The predicted octanol–water partition coefficient (Wildman–Crippen LogP) is 3.25. The molecule has 1 heterocycles. The van der Waals surface area contributed by atoms with E-state index in [9.17, 15) is 14.9 Å². The van der Waals surface area contributed by atoms with Gasteiger partial charge in [0.2, 0.25) is 0 Å². The summed E-state index contributed by atoms with van der Waals surface area (Å²) in [4.78, 5) is 24.8. The summed E-state index contributed by atoms with van der Waals surface area (Å²) in [5.74, 6) is -0.303. The summed E-state index contributed by atoms with van der Waals surface area (Å²) in [6.07, 6.45) is 1.71. The highest BCUT2D eigenvalue weighted by atomic mass is 79.9. The predicted molar refractivity (Wildman–Crippen MR) is 76.0 cm³/mol. The quantitative estimate of drug-likeness (QED) is 0.469. The van der Waals surface area contributed by atoms with E-state index in [2.05, 4.69) is 15.9 Å². The average Bonchev–Trinajstić information content (AvgIpc) is 2.38. The van der Waals surface area contributed by atoms with Gasteiger partial charge in [0.05, 0.1) is 4.92 Å². The molecule has 0 saturated carbocycles. The number of likely N-dealkylation sites (tertiary alicyclic amines) is 1. The van der Waals surface area contributed by atoms with Crippen molar-refractivity contribution < 1.29 is 9.72 Å². The van der Waals surface area contributed by atoms with Crippen molar-refractivity contribution in [2.45, 2.75) is 17.7 Å². The fourth-order valence-corrected chi connectivity index (χ4v) is 2.63.